The van der Waals surface area contributed by atoms with Crippen LogP contribution in [0, 0.1) is 5.92 Å². The summed E-state index contributed by atoms with van der Waals surface area (Å²) in [6, 6.07) is 0.424. The molecule has 0 heterocycles. The van der Waals surface area contributed by atoms with Crippen LogP contribution in [0.4, 0.5) is 0 Å². The fourth-order valence-electron chi connectivity index (χ4n) is 2.06. The van der Waals surface area contributed by atoms with Gasteiger partial charge in [0.15, 0.2) is 0 Å². The maximum Gasteiger partial charge on any atom is 0.234 e. The molecule has 0 aromatic carbocycles. The number of hydrogen-bond acceptors (Lipinski definition) is 2. The summed E-state index contributed by atoms with van der Waals surface area (Å²) in [6.45, 7) is 4.15. The second kappa shape index (κ2) is 4.09. The fraction of sp³-hybridized carbons (Fsp3) is 0.900. The van der Waals surface area contributed by atoms with Crippen molar-refractivity contribution in [3.05, 3.63) is 0 Å². The van der Waals surface area contributed by atoms with Gasteiger partial charge in [0.1, 0.15) is 0 Å². The van der Waals surface area contributed by atoms with Crippen LogP contribution in [-0.2, 0) is 4.79 Å². The lowest BCUT2D eigenvalue weighted by Gasteiger charge is -2.28. The predicted molar refractivity (Wildman–Crippen MR) is 53.2 cm³/mol. The minimum Gasteiger partial charge on any atom is -0.368 e. The SMILES string of the molecule is CC1CCC(N(C)[C@H](C)C(N)=O)C1. The van der Waals surface area contributed by atoms with Crippen molar-refractivity contribution in [1.29, 1.82) is 0 Å². The van der Waals surface area contributed by atoms with E-state index in [4.69, 9.17) is 5.73 Å². The lowest BCUT2D eigenvalue weighted by Crippen LogP contribution is -2.44. The number of hydrogen-bond donors (Lipinski definition) is 1. The zero-order valence-corrected chi connectivity index (χ0v) is 8.79. The normalized spacial score (nSPS) is 30.8. The van der Waals surface area contributed by atoms with Gasteiger partial charge >= 0.3 is 0 Å². The molecule has 2 N–H and O–H groups in total. The first-order valence-electron chi connectivity index (χ1n) is 5.03. The van der Waals surface area contributed by atoms with Crippen molar-refractivity contribution in [2.24, 2.45) is 11.7 Å². The van der Waals surface area contributed by atoms with Crippen molar-refractivity contribution >= 4 is 5.91 Å². The highest BCUT2D eigenvalue weighted by molar-refractivity contribution is 5.79. The molecule has 0 aliphatic heterocycles. The van der Waals surface area contributed by atoms with Crippen molar-refractivity contribution in [3.63, 3.8) is 0 Å². The Labute approximate surface area is 80.3 Å². The van der Waals surface area contributed by atoms with E-state index in [2.05, 4.69) is 11.8 Å². The Morgan fingerprint density at radius 3 is 2.54 bits per heavy atom. The Kier molecular flexibility index (Phi) is 3.31. The number of primary amides is 1. The summed E-state index contributed by atoms with van der Waals surface area (Å²) < 4.78 is 0. The summed E-state index contributed by atoms with van der Waals surface area (Å²) in [7, 11) is 2.00. The van der Waals surface area contributed by atoms with E-state index in [9.17, 15) is 4.79 Å². The van der Waals surface area contributed by atoms with Crippen molar-refractivity contribution in [2.45, 2.75) is 45.2 Å². The standard InChI is InChI=1S/C10H20N2O/c1-7-4-5-9(6-7)12(3)8(2)10(11)13/h7-9H,4-6H2,1-3H3,(H2,11,13)/t7?,8-,9?/m1/s1. The molecule has 0 aromatic rings. The maximum atomic E-state index is 11.0. The first-order chi connectivity index (χ1) is 6.02. The number of amides is 1. The molecular formula is C10H20N2O. The molecule has 1 aliphatic carbocycles. The van der Waals surface area contributed by atoms with E-state index in [-0.39, 0.29) is 11.9 Å². The first-order valence-corrected chi connectivity index (χ1v) is 5.03. The van der Waals surface area contributed by atoms with E-state index < -0.39 is 0 Å². The van der Waals surface area contributed by atoms with Gasteiger partial charge in [0.25, 0.3) is 0 Å². The van der Waals surface area contributed by atoms with Gasteiger partial charge in [-0.05, 0) is 39.2 Å². The topological polar surface area (TPSA) is 46.3 Å². The highest BCUT2D eigenvalue weighted by atomic mass is 16.1. The number of rotatable bonds is 3. The largest absolute Gasteiger partial charge is 0.368 e. The average molecular weight is 184 g/mol. The van der Waals surface area contributed by atoms with Gasteiger partial charge in [-0.15, -0.1) is 0 Å². The van der Waals surface area contributed by atoms with Crippen LogP contribution in [-0.4, -0.2) is 29.9 Å². The highest BCUT2D eigenvalue weighted by Crippen LogP contribution is 2.28. The van der Waals surface area contributed by atoms with Gasteiger partial charge in [0.2, 0.25) is 5.91 Å². The van der Waals surface area contributed by atoms with Gasteiger partial charge in [-0.25, -0.2) is 0 Å². The van der Waals surface area contributed by atoms with E-state index in [1.54, 1.807) is 0 Å². The third-order valence-corrected chi connectivity index (χ3v) is 3.27. The molecule has 3 nitrogen and oxygen atoms in total. The van der Waals surface area contributed by atoms with Crippen LogP contribution in [0.5, 0.6) is 0 Å². The second-order valence-corrected chi connectivity index (χ2v) is 4.32. The fourth-order valence-corrected chi connectivity index (χ4v) is 2.06. The number of nitrogens with zero attached hydrogens (tertiary/aromatic N) is 1. The molecule has 0 saturated heterocycles. The van der Waals surface area contributed by atoms with E-state index >= 15 is 0 Å². The van der Waals surface area contributed by atoms with Crippen molar-refractivity contribution in [1.82, 2.24) is 4.90 Å². The van der Waals surface area contributed by atoms with Crippen LogP contribution < -0.4 is 5.73 Å². The quantitative estimate of drug-likeness (QED) is 0.710. The third-order valence-electron chi connectivity index (χ3n) is 3.27. The first kappa shape index (κ1) is 10.5. The van der Waals surface area contributed by atoms with Crippen LogP contribution in [0.2, 0.25) is 0 Å². The molecule has 1 rings (SSSR count). The maximum absolute atomic E-state index is 11.0. The minimum absolute atomic E-state index is 0.129. The Morgan fingerprint density at radius 2 is 2.15 bits per heavy atom. The lowest BCUT2D eigenvalue weighted by molar-refractivity contribution is -0.122. The number of carbonyl (C=O) groups is 1. The summed E-state index contributed by atoms with van der Waals surface area (Å²) >= 11 is 0. The molecule has 13 heavy (non-hydrogen) atoms. The van der Waals surface area contributed by atoms with Gasteiger partial charge in [-0.3, -0.25) is 9.69 Å². The Morgan fingerprint density at radius 1 is 1.54 bits per heavy atom. The van der Waals surface area contributed by atoms with Crippen molar-refractivity contribution in [2.75, 3.05) is 7.05 Å². The molecule has 2 unspecified atom stereocenters. The molecule has 3 heteroatoms. The molecule has 0 bridgehead atoms. The van der Waals surface area contributed by atoms with Gasteiger partial charge in [0.05, 0.1) is 6.04 Å². The summed E-state index contributed by atoms with van der Waals surface area (Å²) in [5.74, 6) is 0.578. The molecule has 76 valence electrons. The van der Waals surface area contributed by atoms with Gasteiger partial charge < -0.3 is 5.73 Å². The Bertz CT molecular complexity index is 193. The third kappa shape index (κ3) is 2.44. The monoisotopic (exact) mass is 184 g/mol. The summed E-state index contributed by atoms with van der Waals surface area (Å²) in [5.41, 5.74) is 5.26. The molecule has 1 fully saturated rings. The Hall–Kier alpha value is -0.570. The van der Waals surface area contributed by atoms with Crippen LogP contribution in [0.3, 0.4) is 0 Å². The molecule has 1 amide bonds. The smallest absolute Gasteiger partial charge is 0.234 e. The molecule has 1 aliphatic rings. The van der Waals surface area contributed by atoms with E-state index in [0.717, 1.165) is 5.92 Å². The van der Waals surface area contributed by atoms with E-state index in [0.29, 0.717) is 6.04 Å². The molecule has 0 aromatic heterocycles. The van der Waals surface area contributed by atoms with E-state index in [1.807, 2.05) is 14.0 Å². The zero-order chi connectivity index (χ0) is 10.0. The van der Waals surface area contributed by atoms with Crippen LogP contribution in [0.15, 0.2) is 0 Å². The summed E-state index contributed by atoms with van der Waals surface area (Å²) in [5, 5.41) is 0. The lowest BCUT2D eigenvalue weighted by atomic mass is 10.1. The van der Waals surface area contributed by atoms with E-state index in [1.165, 1.54) is 19.3 Å². The predicted octanol–water partition coefficient (Wildman–Crippen LogP) is 0.981. The number of nitrogens with two attached hydrogens (primary N) is 1. The van der Waals surface area contributed by atoms with Crippen molar-refractivity contribution in [3.8, 4) is 0 Å². The number of likely N-dealkylation sites (N-methyl/N-ethyl adjacent to an activating group) is 1. The minimum atomic E-state index is -0.220. The summed E-state index contributed by atoms with van der Waals surface area (Å²) in [4.78, 5) is 13.1. The summed E-state index contributed by atoms with van der Waals surface area (Å²) in [6.07, 6.45) is 3.68. The molecular weight excluding hydrogens is 164 g/mol. The second-order valence-electron chi connectivity index (χ2n) is 4.32. The average Bonchev–Trinajstić information content (AvgIpc) is 2.49. The highest BCUT2D eigenvalue weighted by Gasteiger charge is 2.28. The Balaban J connectivity index is 2.47. The van der Waals surface area contributed by atoms with Gasteiger partial charge in [-0.2, -0.15) is 0 Å². The molecule has 1 saturated carbocycles. The van der Waals surface area contributed by atoms with Gasteiger partial charge in [0, 0.05) is 6.04 Å². The molecule has 3 atom stereocenters. The van der Waals surface area contributed by atoms with Crippen LogP contribution in [0.1, 0.15) is 33.1 Å². The molecule has 0 radical (unpaired) electrons. The zero-order valence-electron chi connectivity index (χ0n) is 8.79. The van der Waals surface area contributed by atoms with Crippen molar-refractivity contribution < 1.29 is 4.79 Å². The van der Waals surface area contributed by atoms with Crippen LogP contribution in [0.25, 0.3) is 0 Å². The van der Waals surface area contributed by atoms with Gasteiger partial charge in [-0.1, -0.05) is 6.92 Å². The number of carbonyl (C=O) groups excluding carboxylic acids is 1. The van der Waals surface area contributed by atoms with Crippen LogP contribution >= 0.6 is 0 Å². The molecule has 0 spiro atoms.